The van der Waals surface area contributed by atoms with Crippen LogP contribution in [-0.2, 0) is 16.4 Å². The lowest BCUT2D eigenvalue weighted by Gasteiger charge is -2.22. The summed E-state index contributed by atoms with van der Waals surface area (Å²) in [5.74, 6) is 0.0633. The van der Waals surface area contributed by atoms with Gasteiger partial charge in [0.15, 0.2) is 0 Å². The number of nitrogens with zero attached hydrogens (tertiary/aromatic N) is 2. The fourth-order valence-corrected chi connectivity index (χ4v) is 5.80. The van der Waals surface area contributed by atoms with Gasteiger partial charge in [-0.25, -0.2) is 18.1 Å². The number of hydrogen-bond acceptors (Lipinski definition) is 8. The predicted molar refractivity (Wildman–Crippen MR) is 152 cm³/mol. The Morgan fingerprint density at radius 3 is 2.40 bits per heavy atom. The predicted octanol–water partition coefficient (Wildman–Crippen LogP) is 4.20. The Balaban J connectivity index is 1.62. The highest BCUT2D eigenvalue weighted by Crippen LogP contribution is 2.32. The van der Waals surface area contributed by atoms with Gasteiger partial charge in [-0.15, -0.1) is 0 Å². The van der Waals surface area contributed by atoms with Gasteiger partial charge in [-0.3, -0.25) is 5.32 Å². The van der Waals surface area contributed by atoms with Crippen molar-refractivity contribution in [3.63, 3.8) is 0 Å². The number of hydrogen-bond donors (Lipinski definition) is 4. The maximum atomic E-state index is 13.3. The van der Waals surface area contributed by atoms with Gasteiger partial charge in [0.1, 0.15) is 12.3 Å². The second-order valence-corrected chi connectivity index (χ2v) is 11.5. The van der Waals surface area contributed by atoms with Crippen LogP contribution in [0.15, 0.2) is 77.7 Å². The van der Waals surface area contributed by atoms with Gasteiger partial charge in [0.2, 0.25) is 11.8 Å². The van der Waals surface area contributed by atoms with Crippen molar-refractivity contribution in [3.05, 3.63) is 101 Å². The van der Waals surface area contributed by atoms with E-state index in [4.69, 9.17) is 9.84 Å². The van der Waals surface area contributed by atoms with Crippen molar-refractivity contribution in [3.8, 4) is 17.1 Å². The molecule has 2 heterocycles. The molecule has 2 atom stereocenters. The first-order chi connectivity index (χ1) is 19.2. The van der Waals surface area contributed by atoms with Crippen LogP contribution < -0.4 is 14.8 Å². The Kier molecular flexibility index (Phi) is 8.13. The van der Waals surface area contributed by atoms with Crippen molar-refractivity contribution in [1.82, 2.24) is 15.3 Å². The zero-order chi connectivity index (χ0) is 28.3. The largest absolute Gasteiger partial charge is 0.468 e. The molecule has 40 heavy (non-hydrogen) atoms. The molecular weight excluding hydrogens is 528 g/mol. The van der Waals surface area contributed by atoms with Crippen LogP contribution >= 0.6 is 0 Å². The molecule has 2 unspecified atom stereocenters. The normalized spacial score (nSPS) is 18.4. The molecule has 10 heteroatoms. The van der Waals surface area contributed by atoms with Crippen LogP contribution in [0.5, 0.6) is 5.88 Å². The van der Waals surface area contributed by atoms with Crippen LogP contribution in [0, 0.1) is 13.8 Å². The topological polar surface area (TPSA) is 134 Å². The fourth-order valence-electron chi connectivity index (χ4n) is 4.80. The standard InChI is InChI=1S/C30H32N4O5S/c1-19-6-3-7-20(2)28(19)25-17-27-33-30(32-25)34-40(37,38)24-10-4-9-23(16-24)29(36)31-18-26(39-27)22-13-11-21(12-14-22)8-5-15-35/h3-4,6-7,9-14,16-17,26,29,31,35-36H,5,8,15,18H2,1-2H3,(H,32,33,34). The maximum absolute atomic E-state index is 13.3. The average molecular weight is 561 g/mol. The number of aliphatic hydroxyl groups is 2. The molecule has 0 fully saturated rings. The van der Waals surface area contributed by atoms with Gasteiger partial charge in [-0.1, -0.05) is 54.6 Å². The number of aromatic nitrogens is 2. The van der Waals surface area contributed by atoms with E-state index in [0.717, 1.165) is 34.2 Å². The molecule has 0 radical (unpaired) electrons. The lowest BCUT2D eigenvalue weighted by Crippen LogP contribution is -2.29. The third-order valence-electron chi connectivity index (χ3n) is 6.88. The Labute approximate surface area is 234 Å². The second kappa shape index (κ2) is 11.7. The van der Waals surface area contributed by atoms with Crippen molar-refractivity contribution in [1.29, 1.82) is 0 Å². The molecule has 5 rings (SSSR count). The van der Waals surface area contributed by atoms with Gasteiger partial charge in [0.25, 0.3) is 10.0 Å². The summed E-state index contributed by atoms with van der Waals surface area (Å²) >= 11 is 0. The van der Waals surface area contributed by atoms with Crippen molar-refractivity contribution >= 4 is 16.0 Å². The minimum absolute atomic E-state index is 0.0244. The molecule has 208 valence electrons. The van der Waals surface area contributed by atoms with Gasteiger partial charge < -0.3 is 14.9 Å². The number of sulfonamides is 1. The number of ether oxygens (including phenoxy) is 1. The average Bonchev–Trinajstić information content (AvgIpc) is 2.94. The number of nitrogens with one attached hydrogen (secondary N) is 2. The first-order valence-corrected chi connectivity index (χ1v) is 14.6. The summed E-state index contributed by atoms with van der Waals surface area (Å²) in [7, 11) is -4.07. The number of aliphatic hydroxyl groups excluding tert-OH is 2. The summed E-state index contributed by atoms with van der Waals surface area (Å²) < 4.78 is 35.5. The first kappa shape index (κ1) is 27.7. The minimum atomic E-state index is -4.07. The fraction of sp³-hybridized carbons (Fsp3) is 0.267. The highest BCUT2D eigenvalue weighted by atomic mass is 32.2. The summed E-state index contributed by atoms with van der Waals surface area (Å²) in [6.45, 7) is 4.27. The summed E-state index contributed by atoms with van der Waals surface area (Å²) in [5, 5.41) is 23.1. The van der Waals surface area contributed by atoms with E-state index in [-0.39, 0.29) is 29.9 Å². The Hall–Kier alpha value is -3.83. The van der Waals surface area contributed by atoms with E-state index >= 15 is 0 Å². The van der Waals surface area contributed by atoms with Crippen LogP contribution in [0.25, 0.3) is 11.3 Å². The molecule has 4 aromatic rings. The summed E-state index contributed by atoms with van der Waals surface area (Å²) in [6, 6.07) is 21.5. The number of anilines is 1. The van der Waals surface area contributed by atoms with Crippen LogP contribution in [0.4, 0.5) is 5.95 Å². The van der Waals surface area contributed by atoms with Gasteiger partial charge >= 0.3 is 0 Å². The zero-order valence-corrected chi connectivity index (χ0v) is 23.1. The van der Waals surface area contributed by atoms with Gasteiger partial charge in [0, 0.05) is 24.8 Å². The van der Waals surface area contributed by atoms with Crippen molar-refractivity contribution in [2.24, 2.45) is 0 Å². The summed E-state index contributed by atoms with van der Waals surface area (Å²) in [4.78, 5) is 8.97. The number of fused-ring (bicyclic) bond motifs is 4. The third kappa shape index (κ3) is 6.15. The SMILES string of the molecule is Cc1cccc(C)c1-c1cc2nc(n1)NS(=O)(=O)c1cccc(c1)C(O)NCC(c1ccc(CCCO)cc1)O2. The molecule has 1 aliphatic rings. The van der Waals surface area contributed by atoms with Crippen molar-refractivity contribution in [2.75, 3.05) is 17.9 Å². The van der Waals surface area contributed by atoms with E-state index in [1.54, 1.807) is 18.2 Å². The number of benzene rings is 3. The lowest BCUT2D eigenvalue weighted by molar-refractivity contribution is 0.109. The quantitative estimate of drug-likeness (QED) is 0.285. The highest BCUT2D eigenvalue weighted by molar-refractivity contribution is 7.92. The summed E-state index contributed by atoms with van der Waals surface area (Å²) in [6.07, 6.45) is -0.280. The van der Waals surface area contributed by atoms with Crippen LogP contribution in [-0.4, -0.2) is 41.8 Å². The number of rotatable bonds is 5. The molecule has 1 aliphatic heterocycles. The Morgan fingerprint density at radius 1 is 0.950 bits per heavy atom. The van der Waals surface area contributed by atoms with E-state index in [9.17, 15) is 13.5 Å². The molecule has 0 saturated heterocycles. The molecule has 3 aromatic carbocycles. The van der Waals surface area contributed by atoms with Gasteiger partial charge in [-0.05, 0) is 66.6 Å². The molecule has 4 N–H and O–H groups in total. The maximum Gasteiger partial charge on any atom is 0.264 e. The molecule has 4 bridgehead atoms. The molecular formula is C30H32N4O5S. The second-order valence-electron chi connectivity index (χ2n) is 9.85. The number of aryl methyl sites for hydroxylation is 3. The van der Waals surface area contributed by atoms with Crippen LogP contribution in [0.1, 0.15) is 46.6 Å². The van der Waals surface area contributed by atoms with E-state index < -0.39 is 22.4 Å². The molecule has 0 spiro atoms. The van der Waals surface area contributed by atoms with E-state index in [2.05, 4.69) is 20.0 Å². The Bertz CT molecular complexity index is 1590. The van der Waals surface area contributed by atoms with Crippen LogP contribution in [0.2, 0.25) is 0 Å². The monoisotopic (exact) mass is 560 g/mol. The molecule has 0 amide bonds. The first-order valence-electron chi connectivity index (χ1n) is 13.1. The smallest absolute Gasteiger partial charge is 0.264 e. The molecule has 9 nitrogen and oxygen atoms in total. The van der Waals surface area contributed by atoms with Gasteiger partial charge in [-0.2, -0.15) is 4.98 Å². The van der Waals surface area contributed by atoms with E-state index in [1.807, 2.05) is 56.3 Å². The zero-order valence-electron chi connectivity index (χ0n) is 22.3. The molecule has 0 aliphatic carbocycles. The Morgan fingerprint density at radius 2 is 1.68 bits per heavy atom. The summed E-state index contributed by atoms with van der Waals surface area (Å²) in [5.41, 5.74) is 5.65. The molecule has 1 aromatic heterocycles. The third-order valence-corrected chi connectivity index (χ3v) is 8.21. The van der Waals surface area contributed by atoms with E-state index in [0.29, 0.717) is 17.7 Å². The minimum Gasteiger partial charge on any atom is -0.468 e. The van der Waals surface area contributed by atoms with Crippen LogP contribution in [0.3, 0.4) is 0 Å². The lowest BCUT2D eigenvalue weighted by atomic mass is 10.00. The van der Waals surface area contributed by atoms with Gasteiger partial charge in [0.05, 0.1) is 10.6 Å². The van der Waals surface area contributed by atoms with Crippen molar-refractivity contribution < 1.29 is 23.4 Å². The highest BCUT2D eigenvalue weighted by Gasteiger charge is 2.24. The van der Waals surface area contributed by atoms with E-state index in [1.165, 1.54) is 12.1 Å². The van der Waals surface area contributed by atoms with Crippen molar-refractivity contribution in [2.45, 2.75) is 43.9 Å². The molecule has 0 saturated carbocycles.